The predicted octanol–water partition coefficient (Wildman–Crippen LogP) is 14.9. The summed E-state index contributed by atoms with van der Waals surface area (Å²) in [5.74, 6) is -0.467. The number of hydrogen-bond donors (Lipinski definition) is 3. The standard InChI is InChI=1S/C76H57N5O4S2.CH4/c1-49-35-45-61(46-36-49)87(84,85)81-72(58-25-13-6-14-26-58)71(57-23-11-5-12-24-57)78-76(83)60-43-39-53(40-44-60)63-32-16-28-55-30-18-34-65(69(55)63)67-48-47-66(73-74(67)80-86-79-73)64-33-17-29-54-27-15-31-62(68(54)64)52-37-41-59(42-38-52)75(82)77-70(56-21-9-4-10-22-56)50(2)51-19-7-3-8-20-51;/h3-48,50,70-72,81H,1-2H3;1H4/p+2/t50-,70+,71?,72?;/m0./s1. The summed E-state index contributed by atoms with van der Waals surface area (Å²) in [5, 5.41) is 12.4. The number of benzene rings is 12. The van der Waals surface area contributed by atoms with Crippen LogP contribution in [0.25, 0.3) is 66.1 Å². The van der Waals surface area contributed by atoms with E-state index in [1.165, 1.54) is 11.4 Å². The second-order valence-corrected chi connectivity index (χ2v) is 24.2. The Labute approximate surface area is 516 Å². The highest BCUT2D eigenvalue weighted by Gasteiger charge is 2.33. The molecule has 0 aliphatic carbocycles. The number of amides is 2. The first-order valence-corrected chi connectivity index (χ1v) is 31.2. The summed E-state index contributed by atoms with van der Waals surface area (Å²) in [7, 11) is -4.04. The highest BCUT2D eigenvalue weighted by atomic mass is 32.2. The van der Waals surface area contributed by atoms with Crippen LogP contribution in [0.4, 0.5) is 0 Å². The zero-order valence-electron chi connectivity index (χ0n) is 47.7. The smallest absolute Gasteiger partial charge is 0.345 e. The number of aryl methyl sites for hydroxylation is 1. The van der Waals surface area contributed by atoms with Crippen LogP contribution in [0.2, 0.25) is 0 Å². The van der Waals surface area contributed by atoms with E-state index in [2.05, 4.69) is 125 Å². The third kappa shape index (κ3) is 11.7. The number of nitrogens with zero attached hydrogens (tertiary/aromatic N) is 2. The first-order valence-electron chi connectivity index (χ1n) is 29.0. The van der Waals surface area contributed by atoms with Crippen molar-refractivity contribution in [2.75, 3.05) is 0 Å². The molecule has 1 heterocycles. The van der Waals surface area contributed by atoms with Crippen molar-refractivity contribution in [3.05, 3.63) is 329 Å². The van der Waals surface area contributed by atoms with E-state index in [1.54, 1.807) is 24.3 Å². The second-order valence-electron chi connectivity index (χ2n) is 21.9. The number of hydrogen-bond acceptors (Lipinski definition) is 4. The van der Waals surface area contributed by atoms with Crippen LogP contribution >= 0.6 is 0 Å². The Morgan fingerprint density at radius 2 is 0.761 bits per heavy atom. The number of rotatable bonds is 17. The number of carbonyl (C=O) groups excluding carboxylic acids is 2. The summed E-state index contributed by atoms with van der Waals surface area (Å²) in [4.78, 5) is 28.8. The molecule has 430 valence electrons. The zero-order valence-corrected chi connectivity index (χ0v) is 49.3. The molecule has 12 aromatic rings. The van der Waals surface area contributed by atoms with Gasteiger partial charge in [0, 0.05) is 17.0 Å². The number of carbonyl (C=O) groups is 2. The van der Waals surface area contributed by atoms with E-state index in [0.29, 0.717) is 16.7 Å². The average molecular weight is 1190 g/mol. The summed E-state index contributed by atoms with van der Waals surface area (Å²) in [6, 6.07) is 89.1. The maximum Gasteiger partial charge on any atom is 0.700 e. The van der Waals surface area contributed by atoms with Gasteiger partial charge in [-0.1, -0.05) is 250 Å². The highest BCUT2D eigenvalue weighted by Crippen LogP contribution is 2.40. The Morgan fingerprint density at radius 1 is 0.386 bits per heavy atom. The normalized spacial score (nSPS) is 12.9. The van der Waals surface area contributed by atoms with Gasteiger partial charge in [-0.15, -0.1) is 0 Å². The lowest BCUT2D eigenvalue weighted by Gasteiger charge is -2.30. The first-order chi connectivity index (χ1) is 42.6. The predicted molar refractivity (Wildman–Crippen MR) is 358 cm³/mol. The Hall–Kier alpha value is -10.4. The molecule has 1 aliphatic rings. The van der Waals surface area contributed by atoms with Gasteiger partial charge in [-0.2, -0.15) is 0 Å². The summed E-state index contributed by atoms with van der Waals surface area (Å²) in [5.41, 5.74) is 13.4. The Balaban J connectivity index is 0.00000754. The van der Waals surface area contributed by atoms with Crippen LogP contribution in [-0.4, -0.2) is 20.2 Å². The van der Waals surface area contributed by atoms with E-state index < -0.39 is 22.1 Å². The van der Waals surface area contributed by atoms with Crippen molar-refractivity contribution in [2.24, 2.45) is 0 Å². The molecule has 2 amide bonds. The van der Waals surface area contributed by atoms with Gasteiger partial charge in [0.15, 0.2) is 0 Å². The molecule has 0 fully saturated rings. The van der Waals surface area contributed by atoms with Gasteiger partial charge in [-0.3, -0.25) is 9.59 Å². The Morgan fingerprint density at radius 3 is 1.19 bits per heavy atom. The van der Waals surface area contributed by atoms with Crippen molar-refractivity contribution in [3.8, 4) is 44.5 Å². The van der Waals surface area contributed by atoms with E-state index in [-0.39, 0.29) is 36.1 Å². The molecule has 0 saturated carbocycles. The summed E-state index contributed by atoms with van der Waals surface area (Å²) >= 11 is 1.19. The minimum atomic E-state index is -4.04. The van der Waals surface area contributed by atoms with Gasteiger partial charge in [0.2, 0.25) is 10.0 Å². The fraction of sp³-hybridized carbons (Fsp3) is 0.0909. The van der Waals surface area contributed by atoms with Crippen molar-refractivity contribution < 1.29 is 18.0 Å². The van der Waals surface area contributed by atoms with Crippen LogP contribution in [-0.2, 0) is 21.4 Å². The molecule has 2 unspecified atom stereocenters. The number of nitrogens with one attached hydrogen (secondary N) is 3. The molecular formula is C77H63N5O4S2+2. The molecule has 12 aromatic carbocycles. The van der Waals surface area contributed by atoms with Crippen molar-refractivity contribution in [1.29, 1.82) is 0 Å². The Kier molecular flexibility index (Phi) is 16.7. The molecule has 0 saturated heterocycles. The summed E-state index contributed by atoms with van der Waals surface area (Å²) in [6.45, 7) is 4.06. The molecule has 4 atom stereocenters. The van der Waals surface area contributed by atoms with Crippen LogP contribution < -0.4 is 34.1 Å². The maximum absolute atomic E-state index is 14.6. The quantitative estimate of drug-likeness (QED) is 0.0783. The van der Waals surface area contributed by atoms with Gasteiger partial charge in [0.25, 0.3) is 11.8 Å². The topological polar surface area (TPSA) is 133 Å². The molecule has 0 radical (unpaired) electrons. The monoisotopic (exact) mass is 1190 g/mol. The van der Waals surface area contributed by atoms with E-state index >= 15 is 0 Å². The molecular weight excluding hydrogens is 1120 g/mol. The molecule has 88 heavy (non-hydrogen) atoms. The lowest BCUT2D eigenvalue weighted by molar-refractivity contribution is 0.0922. The SMILES string of the molecule is C.Cc1ccc(S(=O)(=O)NC(c2ccccc2)C(NC(=O)c2ccc(-c3cccc4cccc(-c5ccc(-c6cccc7cccc(-c8ccc(C(=O)N[C@@H](c9ccccc9)[C@@H](C)c9ccccc9)cc8)c67)c6c5=[N+]=S=[N+]=6)c34)cc2)c2ccccc2)cc1. The molecule has 13 rings (SSSR count). The van der Waals surface area contributed by atoms with Crippen LogP contribution in [0.1, 0.15) is 86.9 Å². The van der Waals surface area contributed by atoms with E-state index in [9.17, 15) is 18.0 Å². The number of fused-ring (bicyclic) bond motifs is 3. The fourth-order valence-corrected chi connectivity index (χ4v) is 13.8. The van der Waals surface area contributed by atoms with Crippen molar-refractivity contribution in [2.45, 2.75) is 50.2 Å². The van der Waals surface area contributed by atoms with Crippen molar-refractivity contribution in [3.63, 3.8) is 0 Å². The number of sulfonamides is 1. The van der Waals surface area contributed by atoms with Crippen LogP contribution in [0.3, 0.4) is 0 Å². The first kappa shape index (κ1) is 58.1. The van der Waals surface area contributed by atoms with Gasteiger partial charge in [-0.25, -0.2) is 13.1 Å². The van der Waals surface area contributed by atoms with Gasteiger partial charge in [-0.05, 0) is 133 Å². The minimum absolute atomic E-state index is 0. The summed E-state index contributed by atoms with van der Waals surface area (Å²) < 4.78 is 41.1. The highest BCUT2D eigenvalue weighted by molar-refractivity contribution is 7.89. The van der Waals surface area contributed by atoms with Crippen LogP contribution in [0.5, 0.6) is 0 Å². The molecule has 3 N–H and O–H groups in total. The summed E-state index contributed by atoms with van der Waals surface area (Å²) in [6.07, 6.45) is 0. The molecule has 1 aliphatic heterocycles. The fourth-order valence-electron chi connectivity index (χ4n) is 12.0. The molecule has 0 spiro atoms. The molecule has 0 bridgehead atoms. The van der Waals surface area contributed by atoms with Crippen molar-refractivity contribution >= 4 is 54.7 Å². The molecule has 11 heteroatoms. The van der Waals surface area contributed by atoms with Gasteiger partial charge < -0.3 is 10.6 Å². The largest absolute Gasteiger partial charge is 0.700 e. The van der Waals surface area contributed by atoms with E-state index in [0.717, 1.165) is 99.0 Å². The third-order valence-electron chi connectivity index (χ3n) is 16.5. The lowest BCUT2D eigenvalue weighted by Crippen LogP contribution is -2.40. The lowest BCUT2D eigenvalue weighted by atomic mass is 9.88. The third-order valence-corrected chi connectivity index (χ3v) is 18.5. The molecule has 9 nitrogen and oxygen atoms in total. The maximum atomic E-state index is 14.6. The molecule has 0 aromatic heterocycles. The van der Waals surface area contributed by atoms with Crippen LogP contribution in [0, 0.1) is 6.92 Å². The van der Waals surface area contributed by atoms with E-state index in [4.69, 9.17) is 8.08 Å². The average Bonchev–Trinajstić information content (AvgIpc) is 1.36. The van der Waals surface area contributed by atoms with Gasteiger partial charge in [0.05, 0.1) is 42.2 Å². The van der Waals surface area contributed by atoms with E-state index in [1.807, 2.05) is 159 Å². The van der Waals surface area contributed by atoms with Crippen LogP contribution in [0.15, 0.2) is 284 Å². The van der Waals surface area contributed by atoms with Crippen molar-refractivity contribution in [1.82, 2.24) is 23.4 Å². The minimum Gasteiger partial charge on any atom is -0.345 e. The Bertz CT molecular complexity index is 4910. The zero-order chi connectivity index (χ0) is 59.4. The second kappa shape index (κ2) is 25.3. The van der Waals surface area contributed by atoms with Gasteiger partial charge >= 0.3 is 22.1 Å². The van der Waals surface area contributed by atoms with Gasteiger partial charge in [0.1, 0.15) is 0 Å².